The van der Waals surface area contributed by atoms with Gasteiger partial charge >= 0.3 is 0 Å². The van der Waals surface area contributed by atoms with Gasteiger partial charge in [0.2, 0.25) is 5.91 Å². The third kappa shape index (κ3) is 6.95. The zero-order valence-corrected chi connectivity index (χ0v) is 20.9. The molecule has 3 aliphatic rings. The first-order valence-electron chi connectivity index (χ1n) is 11.3. The quantitative estimate of drug-likeness (QED) is 0.339. The lowest BCUT2D eigenvalue weighted by molar-refractivity contribution is -0.135. The predicted molar refractivity (Wildman–Crippen MR) is 130 cm³/mol. The van der Waals surface area contributed by atoms with Crippen LogP contribution in [0.5, 0.6) is 0 Å². The molecule has 1 amide bonds. The summed E-state index contributed by atoms with van der Waals surface area (Å²) in [5, 5.41) is 3.55. The van der Waals surface area contributed by atoms with Gasteiger partial charge in [0.1, 0.15) is 0 Å². The van der Waals surface area contributed by atoms with Crippen LogP contribution in [0.4, 0.5) is 0 Å². The van der Waals surface area contributed by atoms with Crippen LogP contribution in [-0.2, 0) is 4.79 Å². The lowest BCUT2D eigenvalue weighted by Gasteiger charge is -2.39. The molecule has 0 bridgehead atoms. The summed E-state index contributed by atoms with van der Waals surface area (Å²) in [4.78, 5) is 26.4. The van der Waals surface area contributed by atoms with Crippen molar-refractivity contribution in [3.63, 3.8) is 0 Å². The van der Waals surface area contributed by atoms with Gasteiger partial charge in [-0.05, 0) is 51.6 Å². The zero-order chi connectivity index (χ0) is 19.9. The van der Waals surface area contributed by atoms with E-state index < -0.39 is 0 Å². The molecule has 0 aliphatic carbocycles. The predicted octanol–water partition coefficient (Wildman–Crippen LogP) is 1.54. The molecule has 3 saturated heterocycles. The number of nitrogens with one attached hydrogen (secondary N) is 1. The summed E-state index contributed by atoms with van der Waals surface area (Å²) >= 11 is 0. The Hall–Kier alpha value is -0.610. The minimum absolute atomic E-state index is 0. The van der Waals surface area contributed by atoms with Crippen LogP contribution in [0, 0.1) is 5.92 Å². The fraction of sp³-hybridized carbons (Fsp3) is 0.905. The Morgan fingerprint density at radius 2 is 1.62 bits per heavy atom. The van der Waals surface area contributed by atoms with Gasteiger partial charge in [0.15, 0.2) is 5.96 Å². The molecule has 0 saturated carbocycles. The van der Waals surface area contributed by atoms with Crippen LogP contribution in [0.2, 0.25) is 0 Å². The van der Waals surface area contributed by atoms with Crippen LogP contribution in [0.3, 0.4) is 0 Å². The molecule has 0 aromatic rings. The van der Waals surface area contributed by atoms with E-state index in [-0.39, 0.29) is 30.0 Å². The number of halogens is 1. The molecular formula is C21H41IN6O. The summed E-state index contributed by atoms with van der Waals surface area (Å²) in [5.41, 5.74) is 0. The van der Waals surface area contributed by atoms with Crippen molar-refractivity contribution in [2.24, 2.45) is 10.9 Å². The van der Waals surface area contributed by atoms with Gasteiger partial charge < -0.3 is 20.0 Å². The van der Waals surface area contributed by atoms with Crippen molar-refractivity contribution in [3.8, 4) is 0 Å². The summed E-state index contributed by atoms with van der Waals surface area (Å²) in [6.07, 6.45) is 4.96. The molecule has 1 atom stereocenters. The average Bonchev–Trinajstić information content (AvgIpc) is 3.26. The number of nitrogens with zero attached hydrogens (tertiary/aromatic N) is 5. The SMILES string of the molecule is CN=C(NCCN1CCC(C)CC1)N1CCN(C(C)C(=O)N2CCCC2)CC1.I. The van der Waals surface area contributed by atoms with Crippen molar-refractivity contribution in [2.75, 3.05) is 72.5 Å². The standard InChI is InChI=1S/C21H40N6O.HI/c1-18-6-11-24(12-7-18)13-8-23-21(22-3)27-16-14-25(15-17-27)19(2)20(28)26-9-4-5-10-26;/h18-19H,4-17H2,1-3H3,(H,22,23);1H. The van der Waals surface area contributed by atoms with Crippen molar-refractivity contribution in [1.82, 2.24) is 24.9 Å². The molecule has 8 heteroatoms. The molecule has 1 unspecified atom stereocenters. The van der Waals surface area contributed by atoms with Crippen molar-refractivity contribution in [3.05, 3.63) is 0 Å². The number of guanidine groups is 1. The fourth-order valence-corrected chi connectivity index (χ4v) is 4.62. The van der Waals surface area contributed by atoms with Crippen molar-refractivity contribution in [1.29, 1.82) is 0 Å². The molecule has 3 aliphatic heterocycles. The highest BCUT2D eigenvalue weighted by molar-refractivity contribution is 14.0. The van der Waals surface area contributed by atoms with Crippen LogP contribution in [0.25, 0.3) is 0 Å². The summed E-state index contributed by atoms with van der Waals surface area (Å²) in [6.45, 7) is 14.5. The number of piperazine rings is 1. The number of piperidine rings is 1. The van der Waals surface area contributed by atoms with Crippen LogP contribution in [0.1, 0.15) is 39.5 Å². The minimum Gasteiger partial charge on any atom is -0.355 e. The van der Waals surface area contributed by atoms with Gasteiger partial charge in [0.05, 0.1) is 6.04 Å². The summed E-state index contributed by atoms with van der Waals surface area (Å²) in [5.74, 6) is 2.20. The van der Waals surface area contributed by atoms with Gasteiger partial charge in [0.25, 0.3) is 0 Å². The highest BCUT2D eigenvalue weighted by atomic mass is 127. The third-order valence-corrected chi connectivity index (χ3v) is 6.74. The van der Waals surface area contributed by atoms with Crippen molar-refractivity contribution < 1.29 is 4.79 Å². The van der Waals surface area contributed by atoms with E-state index in [1.807, 2.05) is 11.9 Å². The second kappa shape index (κ2) is 12.3. The number of likely N-dealkylation sites (tertiary alicyclic amines) is 2. The Labute approximate surface area is 194 Å². The number of carbonyl (C=O) groups is 1. The lowest BCUT2D eigenvalue weighted by atomic mass is 9.99. The Morgan fingerprint density at radius 3 is 2.21 bits per heavy atom. The van der Waals surface area contributed by atoms with E-state index in [1.165, 1.54) is 25.9 Å². The van der Waals surface area contributed by atoms with Gasteiger partial charge in [-0.2, -0.15) is 0 Å². The monoisotopic (exact) mass is 520 g/mol. The molecule has 29 heavy (non-hydrogen) atoms. The normalized spacial score (nSPS) is 23.8. The largest absolute Gasteiger partial charge is 0.355 e. The van der Waals surface area contributed by atoms with Crippen LogP contribution < -0.4 is 5.32 Å². The molecule has 3 fully saturated rings. The molecule has 1 N–H and O–H groups in total. The van der Waals surface area contributed by atoms with Gasteiger partial charge in [0, 0.05) is 59.4 Å². The average molecular weight is 521 g/mol. The number of hydrogen-bond donors (Lipinski definition) is 1. The summed E-state index contributed by atoms with van der Waals surface area (Å²) in [7, 11) is 1.87. The first-order chi connectivity index (χ1) is 13.6. The van der Waals surface area contributed by atoms with Crippen LogP contribution in [-0.4, -0.2) is 110 Å². The van der Waals surface area contributed by atoms with E-state index in [0.29, 0.717) is 5.91 Å². The summed E-state index contributed by atoms with van der Waals surface area (Å²) < 4.78 is 0. The maximum Gasteiger partial charge on any atom is 0.239 e. The van der Waals surface area contributed by atoms with Gasteiger partial charge in [-0.15, -0.1) is 24.0 Å². The molecule has 7 nitrogen and oxygen atoms in total. The molecule has 3 heterocycles. The molecule has 3 rings (SSSR count). The van der Waals surface area contributed by atoms with E-state index >= 15 is 0 Å². The van der Waals surface area contributed by atoms with E-state index in [4.69, 9.17) is 0 Å². The topological polar surface area (TPSA) is 54.4 Å². The number of amides is 1. The maximum atomic E-state index is 12.7. The van der Waals surface area contributed by atoms with Gasteiger partial charge in [-0.3, -0.25) is 14.7 Å². The molecule has 0 aromatic carbocycles. The lowest BCUT2D eigenvalue weighted by Crippen LogP contribution is -2.57. The Balaban J connectivity index is 0.00000300. The first-order valence-corrected chi connectivity index (χ1v) is 11.3. The fourth-order valence-electron chi connectivity index (χ4n) is 4.62. The second-order valence-electron chi connectivity index (χ2n) is 8.73. The number of carbonyl (C=O) groups excluding carboxylic acids is 1. The second-order valence-corrected chi connectivity index (χ2v) is 8.73. The number of hydrogen-bond acceptors (Lipinski definition) is 4. The van der Waals surface area contributed by atoms with E-state index in [1.54, 1.807) is 0 Å². The highest BCUT2D eigenvalue weighted by Crippen LogP contribution is 2.16. The Bertz CT molecular complexity index is 523. The first kappa shape index (κ1) is 24.7. The van der Waals surface area contributed by atoms with Crippen molar-refractivity contribution >= 4 is 35.8 Å². The Morgan fingerprint density at radius 1 is 1.00 bits per heavy atom. The zero-order valence-electron chi connectivity index (χ0n) is 18.6. The van der Waals surface area contributed by atoms with Crippen LogP contribution in [0.15, 0.2) is 4.99 Å². The molecular weight excluding hydrogens is 479 g/mol. The molecule has 168 valence electrons. The minimum atomic E-state index is -0.00304. The number of aliphatic imine (C=N–C) groups is 1. The van der Waals surface area contributed by atoms with Gasteiger partial charge in [-0.1, -0.05) is 6.92 Å². The Kier molecular flexibility index (Phi) is 10.5. The van der Waals surface area contributed by atoms with Crippen molar-refractivity contribution in [2.45, 2.75) is 45.6 Å². The molecule has 0 aromatic heterocycles. The van der Waals surface area contributed by atoms with Gasteiger partial charge in [-0.25, -0.2) is 0 Å². The smallest absolute Gasteiger partial charge is 0.239 e. The van der Waals surface area contributed by atoms with E-state index in [0.717, 1.165) is 77.1 Å². The van der Waals surface area contributed by atoms with Crippen LogP contribution >= 0.6 is 24.0 Å². The molecule has 0 radical (unpaired) electrons. The third-order valence-electron chi connectivity index (χ3n) is 6.74. The van der Waals surface area contributed by atoms with E-state index in [9.17, 15) is 4.79 Å². The highest BCUT2D eigenvalue weighted by Gasteiger charge is 2.30. The maximum absolute atomic E-state index is 12.7. The number of rotatable bonds is 5. The van der Waals surface area contributed by atoms with E-state index in [2.05, 4.69) is 38.9 Å². The summed E-state index contributed by atoms with van der Waals surface area (Å²) in [6, 6.07) is -0.00304. The molecule has 0 spiro atoms.